The van der Waals surface area contributed by atoms with Crippen LogP contribution < -0.4 is 15.4 Å². The fourth-order valence-corrected chi connectivity index (χ4v) is 2.06. The van der Waals surface area contributed by atoms with E-state index in [-0.39, 0.29) is 11.6 Å². The first-order valence-corrected chi connectivity index (χ1v) is 8.64. The lowest BCUT2D eigenvalue weighted by Crippen LogP contribution is -2.37. The van der Waals surface area contributed by atoms with E-state index >= 15 is 0 Å². The third kappa shape index (κ3) is 8.15. The maximum absolute atomic E-state index is 13.8. The minimum absolute atomic E-state index is 0.284. The highest BCUT2D eigenvalue weighted by atomic mass is 19.1. The molecule has 0 saturated heterocycles. The van der Waals surface area contributed by atoms with Crippen molar-refractivity contribution >= 4 is 5.96 Å². The van der Waals surface area contributed by atoms with Crippen molar-refractivity contribution in [3.63, 3.8) is 0 Å². The van der Waals surface area contributed by atoms with Gasteiger partial charge in [-0.3, -0.25) is 4.99 Å². The van der Waals surface area contributed by atoms with Gasteiger partial charge in [0.2, 0.25) is 0 Å². The molecule has 0 spiro atoms. The van der Waals surface area contributed by atoms with Gasteiger partial charge in [0.25, 0.3) is 0 Å². The summed E-state index contributed by atoms with van der Waals surface area (Å²) in [5.41, 5.74) is 0.835. The molecule has 136 valence electrons. The Morgan fingerprint density at radius 3 is 2.62 bits per heavy atom. The van der Waals surface area contributed by atoms with Crippen molar-refractivity contribution in [1.82, 2.24) is 10.6 Å². The lowest BCUT2D eigenvalue weighted by Gasteiger charge is -2.13. The number of unbranched alkanes of at least 4 members (excludes halogenated alkanes) is 1. The van der Waals surface area contributed by atoms with Crippen molar-refractivity contribution in [3.8, 4) is 5.75 Å². The van der Waals surface area contributed by atoms with Crippen LogP contribution in [0, 0.1) is 5.82 Å². The van der Waals surface area contributed by atoms with Gasteiger partial charge in [-0.2, -0.15) is 0 Å². The molecule has 1 rings (SSSR count). The molecule has 1 aromatic carbocycles. The molecule has 0 aliphatic rings. The average molecular weight is 339 g/mol. The van der Waals surface area contributed by atoms with Crippen molar-refractivity contribution in [2.24, 2.45) is 4.99 Å². The number of hydrogen-bond donors (Lipinski definition) is 2. The van der Waals surface area contributed by atoms with Crippen LogP contribution in [0.5, 0.6) is 5.75 Å². The number of benzene rings is 1. The maximum atomic E-state index is 13.8. The van der Waals surface area contributed by atoms with Crippen LogP contribution in [0.4, 0.5) is 4.39 Å². The van der Waals surface area contributed by atoms with Gasteiger partial charge in [-0.25, -0.2) is 4.39 Å². The van der Waals surface area contributed by atoms with E-state index < -0.39 is 0 Å². The van der Waals surface area contributed by atoms with Crippen LogP contribution in [0.1, 0.15) is 38.7 Å². The minimum atomic E-state index is -0.344. The Hall–Kier alpha value is -1.82. The van der Waals surface area contributed by atoms with Crippen LogP contribution in [0.25, 0.3) is 0 Å². The summed E-state index contributed by atoms with van der Waals surface area (Å²) in [6.45, 7) is 7.28. The topological polar surface area (TPSA) is 54.9 Å². The van der Waals surface area contributed by atoms with Crippen molar-refractivity contribution in [1.29, 1.82) is 0 Å². The predicted octanol–water partition coefficient (Wildman–Crippen LogP) is 3.10. The first-order valence-electron chi connectivity index (χ1n) is 8.64. The minimum Gasteiger partial charge on any atom is -0.491 e. The summed E-state index contributed by atoms with van der Waals surface area (Å²) in [5, 5.41) is 6.38. The Kier molecular flexibility index (Phi) is 10.6. The lowest BCUT2D eigenvalue weighted by molar-refractivity contribution is 0.129. The van der Waals surface area contributed by atoms with Gasteiger partial charge in [-0.1, -0.05) is 19.4 Å². The van der Waals surface area contributed by atoms with Gasteiger partial charge < -0.3 is 20.1 Å². The second kappa shape index (κ2) is 12.6. The summed E-state index contributed by atoms with van der Waals surface area (Å²) in [7, 11) is 1.71. The van der Waals surface area contributed by atoms with Gasteiger partial charge in [0.1, 0.15) is 0 Å². The van der Waals surface area contributed by atoms with Crippen molar-refractivity contribution in [3.05, 3.63) is 29.6 Å². The molecule has 1 aromatic rings. The maximum Gasteiger partial charge on any atom is 0.191 e. The van der Waals surface area contributed by atoms with Gasteiger partial charge in [0, 0.05) is 33.4 Å². The van der Waals surface area contributed by atoms with Crippen LogP contribution in [-0.4, -0.2) is 39.4 Å². The molecule has 0 atom stereocenters. The molecule has 0 fully saturated rings. The third-order valence-electron chi connectivity index (χ3n) is 3.38. The van der Waals surface area contributed by atoms with Crippen LogP contribution in [0.15, 0.2) is 23.2 Å². The van der Waals surface area contributed by atoms with Gasteiger partial charge in [-0.05, 0) is 37.5 Å². The van der Waals surface area contributed by atoms with E-state index in [1.807, 2.05) is 13.0 Å². The summed E-state index contributed by atoms with van der Waals surface area (Å²) in [6, 6.07) is 4.97. The molecule has 2 N–H and O–H groups in total. The Bertz CT molecular complexity index is 495. The average Bonchev–Trinajstić information content (AvgIpc) is 2.59. The largest absolute Gasteiger partial charge is 0.491 e. The predicted molar refractivity (Wildman–Crippen MR) is 96.1 cm³/mol. The van der Waals surface area contributed by atoms with E-state index in [0.717, 1.165) is 44.6 Å². The van der Waals surface area contributed by atoms with Gasteiger partial charge in [0.15, 0.2) is 17.5 Å². The molecule has 0 aliphatic carbocycles. The molecule has 24 heavy (non-hydrogen) atoms. The Balaban J connectivity index is 2.27. The SMILES string of the molecule is CCCCOCCCNC(=NC)NCc1ccc(OCC)c(F)c1. The number of aliphatic imine (C=N–C) groups is 1. The Labute approximate surface area is 144 Å². The molecular weight excluding hydrogens is 309 g/mol. The normalized spacial score (nSPS) is 11.4. The second-order valence-corrected chi connectivity index (χ2v) is 5.37. The number of halogens is 1. The van der Waals surface area contributed by atoms with E-state index in [2.05, 4.69) is 22.5 Å². The molecule has 0 saturated carbocycles. The van der Waals surface area contributed by atoms with Gasteiger partial charge in [0.05, 0.1) is 6.61 Å². The molecule has 0 bridgehead atoms. The van der Waals surface area contributed by atoms with Crippen molar-refractivity contribution < 1.29 is 13.9 Å². The molecule has 6 heteroatoms. The summed E-state index contributed by atoms with van der Waals surface area (Å²) in [5.74, 6) is 0.632. The quantitative estimate of drug-likeness (QED) is 0.369. The zero-order chi connectivity index (χ0) is 17.6. The standard InChI is InChI=1S/C18H30FN3O2/c1-4-6-11-23-12-7-10-21-18(20-3)22-14-15-8-9-17(24-5-2)16(19)13-15/h8-9,13H,4-7,10-12,14H2,1-3H3,(H2,20,21,22). The van der Waals surface area contributed by atoms with E-state index in [0.29, 0.717) is 19.1 Å². The van der Waals surface area contributed by atoms with Crippen molar-refractivity contribution in [2.75, 3.05) is 33.4 Å². The number of ether oxygens (including phenoxy) is 2. The summed E-state index contributed by atoms with van der Waals surface area (Å²) >= 11 is 0. The van der Waals surface area contributed by atoms with E-state index in [4.69, 9.17) is 9.47 Å². The van der Waals surface area contributed by atoms with E-state index in [9.17, 15) is 4.39 Å². The van der Waals surface area contributed by atoms with E-state index in [1.165, 1.54) is 6.07 Å². The highest BCUT2D eigenvalue weighted by molar-refractivity contribution is 5.79. The number of rotatable bonds is 11. The van der Waals surface area contributed by atoms with Crippen LogP contribution in [0.3, 0.4) is 0 Å². The smallest absolute Gasteiger partial charge is 0.191 e. The van der Waals surface area contributed by atoms with Gasteiger partial charge in [-0.15, -0.1) is 0 Å². The van der Waals surface area contributed by atoms with Crippen LogP contribution >= 0.6 is 0 Å². The number of hydrogen-bond acceptors (Lipinski definition) is 3. The Morgan fingerprint density at radius 2 is 1.96 bits per heavy atom. The summed E-state index contributed by atoms with van der Waals surface area (Å²) in [6.07, 6.45) is 3.18. The summed E-state index contributed by atoms with van der Waals surface area (Å²) in [4.78, 5) is 4.15. The number of nitrogens with zero attached hydrogens (tertiary/aromatic N) is 1. The molecular formula is C18H30FN3O2. The number of guanidine groups is 1. The highest BCUT2D eigenvalue weighted by Crippen LogP contribution is 2.18. The first-order chi connectivity index (χ1) is 11.7. The fraction of sp³-hybridized carbons (Fsp3) is 0.611. The lowest BCUT2D eigenvalue weighted by atomic mass is 10.2. The van der Waals surface area contributed by atoms with Crippen LogP contribution in [0.2, 0.25) is 0 Å². The molecule has 0 unspecified atom stereocenters. The molecule has 0 aromatic heterocycles. The zero-order valence-electron chi connectivity index (χ0n) is 15.0. The summed E-state index contributed by atoms with van der Waals surface area (Å²) < 4.78 is 24.5. The molecule has 0 amide bonds. The fourth-order valence-electron chi connectivity index (χ4n) is 2.06. The zero-order valence-corrected chi connectivity index (χ0v) is 15.0. The molecule has 0 aliphatic heterocycles. The first kappa shape index (κ1) is 20.2. The molecule has 0 heterocycles. The van der Waals surface area contributed by atoms with Gasteiger partial charge >= 0.3 is 0 Å². The molecule has 5 nitrogen and oxygen atoms in total. The van der Waals surface area contributed by atoms with E-state index in [1.54, 1.807) is 13.1 Å². The third-order valence-corrected chi connectivity index (χ3v) is 3.38. The number of nitrogens with one attached hydrogen (secondary N) is 2. The highest BCUT2D eigenvalue weighted by Gasteiger charge is 2.05. The monoisotopic (exact) mass is 339 g/mol. The van der Waals surface area contributed by atoms with Crippen LogP contribution in [-0.2, 0) is 11.3 Å². The Morgan fingerprint density at radius 1 is 1.17 bits per heavy atom. The molecule has 0 radical (unpaired) electrons. The van der Waals surface area contributed by atoms with Crippen molar-refractivity contribution in [2.45, 2.75) is 39.7 Å². The second-order valence-electron chi connectivity index (χ2n) is 5.37.